The van der Waals surface area contributed by atoms with Gasteiger partial charge in [0.15, 0.2) is 6.61 Å². The van der Waals surface area contributed by atoms with Crippen LogP contribution in [0.15, 0.2) is 66.7 Å². The van der Waals surface area contributed by atoms with Gasteiger partial charge >= 0.3 is 5.97 Å². The summed E-state index contributed by atoms with van der Waals surface area (Å²) in [7, 11) is 1.58. The topological polar surface area (TPSA) is 73.9 Å². The first-order valence-electron chi connectivity index (χ1n) is 9.09. The summed E-state index contributed by atoms with van der Waals surface area (Å²) < 4.78 is 15.7. The fourth-order valence-corrected chi connectivity index (χ4v) is 2.68. The molecule has 0 aliphatic heterocycles. The number of carbonyl (C=O) groups excluding carboxylic acids is 2. The van der Waals surface area contributed by atoms with Crippen molar-refractivity contribution in [3.8, 4) is 17.2 Å². The van der Waals surface area contributed by atoms with Crippen LogP contribution in [0.5, 0.6) is 17.2 Å². The number of nitrogens with one attached hydrogen (secondary N) is 1. The zero-order chi connectivity index (χ0) is 21.5. The molecule has 1 N–H and O–H groups in total. The van der Waals surface area contributed by atoms with Gasteiger partial charge in [0.1, 0.15) is 17.2 Å². The van der Waals surface area contributed by atoms with Gasteiger partial charge in [-0.05, 0) is 79.2 Å². The normalized spacial score (nSPS) is 10.2. The SMILES string of the molecule is COc1ccc(NC(=O)c2ccc(OC(=O)COc3ccc(Cl)c(C)c3)cc2)cc1. The van der Waals surface area contributed by atoms with Crippen molar-refractivity contribution in [2.24, 2.45) is 0 Å². The molecule has 30 heavy (non-hydrogen) atoms. The molecule has 0 spiro atoms. The highest BCUT2D eigenvalue weighted by atomic mass is 35.5. The molecule has 0 saturated heterocycles. The zero-order valence-corrected chi connectivity index (χ0v) is 17.2. The molecule has 1 amide bonds. The second-order valence-electron chi connectivity index (χ2n) is 6.38. The van der Waals surface area contributed by atoms with Gasteiger partial charge in [-0.1, -0.05) is 11.6 Å². The lowest BCUT2D eigenvalue weighted by Gasteiger charge is -2.09. The van der Waals surface area contributed by atoms with Gasteiger partial charge in [-0.2, -0.15) is 0 Å². The van der Waals surface area contributed by atoms with E-state index in [1.54, 1.807) is 73.8 Å². The molecule has 0 atom stereocenters. The van der Waals surface area contributed by atoms with Crippen LogP contribution in [0.25, 0.3) is 0 Å². The molecule has 0 fully saturated rings. The van der Waals surface area contributed by atoms with Crippen LogP contribution in [0.4, 0.5) is 5.69 Å². The average molecular weight is 426 g/mol. The van der Waals surface area contributed by atoms with Crippen LogP contribution in [0.1, 0.15) is 15.9 Å². The molecule has 3 aromatic rings. The first-order valence-corrected chi connectivity index (χ1v) is 9.47. The molecular weight excluding hydrogens is 406 g/mol. The Balaban J connectivity index is 1.52. The molecule has 154 valence electrons. The quantitative estimate of drug-likeness (QED) is 0.430. The van der Waals surface area contributed by atoms with E-state index in [0.29, 0.717) is 33.5 Å². The number of halogens is 1. The Kier molecular flexibility index (Phi) is 6.93. The average Bonchev–Trinajstić information content (AvgIpc) is 2.75. The third-order valence-corrected chi connectivity index (χ3v) is 4.61. The van der Waals surface area contributed by atoms with Gasteiger partial charge in [0.2, 0.25) is 0 Å². The minimum Gasteiger partial charge on any atom is -0.497 e. The maximum Gasteiger partial charge on any atom is 0.349 e. The summed E-state index contributed by atoms with van der Waals surface area (Å²) in [6.45, 7) is 1.60. The van der Waals surface area contributed by atoms with Gasteiger partial charge in [0, 0.05) is 16.3 Å². The smallest absolute Gasteiger partial charge is 0.349 e. The predicted molar refractivity (Wildman–Crippen MR) is 115 cm³/mol. The van der Waals surface area contributed by atoms with Gasteiger partial charge < -0.3 is 19.5 Å². The van der Waals surface area contributed by atoms with Gasteiger partial charge in [-0.15, -0.1) is 0 Å². The van der Waals surface area contributed by atoms with Crippen LogP contribution in [-0.4, -0.2) is 25.6 Å². The first kappa shape index (κ1) is 21.2. The molecule has 0 radical (unpaired) electrons. The number of amides is 1. The highest BCUT2D eigenvalue weighted by Gasteiger charge is 2.10. The lowest BCUT2D eigenvalue weighted by Crippen LogP contribution is -2.18. The van der Waals surface area contributed by atoms with Crippen molar-refractivity contribution in [3.63, 3.8) is 0 Å². The number of aryl methyl sites for hydroxylation is 1. The van der Waals surface area contributed by atoms with Crippen LogP contribution in [-0.2, 0) is 4.79 Å². The lowest BCUT2D eigenvalue weighted by molar-refractivity contribution is -0.136. The van der Waals surface area contributed by atoms with Gasteiger partial charge in [0.05, 0.1) is 7.11 Å². The van der Waals surface area contributed by atoms with E-state index in [4.69, 9.17) is 25.8 Å². The summed E-state index contributed by atoms with van der Waals surface area (Å²) in [5, 5.41) is 3.41. The third-order valence-electron chi connectivity index (χ3n) is 4.18. The molecule has 7 heteroatoms. The van der Waals surface area contributed by atoms with E-state index in [0.717, 1.165) is 5.56 Å². The maximum atomic E-state index is 12.3. The Labute approximate surface area is 179 Å². The summed E-state index contributed by atoms with van der Waals surface area (Å²) in [4.78, 5) is 24.3. The molecule has 0 unspecified atom stereocenters. The Hall–Kier alpha value is -3.51. The monoisotopic (exact) mass is 425 g/mol. The molecule has 6 nitrogen and oxygen atoms in total. The number of carbonyl (C=O) groups is 2. The molecule has 0 aliphatic rings. The van der Waals surface area contributed by atoms with Crippen molar-refractivity contribution < 1.29 is 23.8 Å². The molecule has 0 heterocycles. The van der Waals surface area contributed by atoms with Crippen LogP contribution >= 0.6 is 11.6 Å². The molecule has 0 aromatic heterocycles. The van der Waals surface area contributed by atoms with Crippen LogP contribution < -0.4 is 19.5 Å². The molecule has 0 bridgehead atoms. The number of rotatable bonds is 7. The van der Waals surface area contributed by atoms with Gasteiger partial charge in [-0.25, -0.2) is 4.79 Å². The Morgan fingerprint density at radius 2 is 1.53 bits per heavy atom. The maximum absolute atomic E-state index is 12.3. The first-order chi connectivity index (χ1) is 14.4. The van der Waals surface area contributed by atoms with E-state index < -0.39 is 5.97 Å². The largest absolute Gasteiger partial charge is 0.497 e. The highest BCUT2D eigenvalue weighted by Crippen LogP contribution is 2.21. The van der Waals surface area contributed by atoms with E-state index in [1.807, 2.05) is 6.92 Å². The zero-order valence-electron chi connectivity index (χ0n) is 16.5. The summed E-state index contributed by atoms with van der Waals surface area (Å²) in [6, 6.07) is 18.4. The van der Waals surface area contributed by atoms with E-state index in [2.05, 4.69) is 5.32 Å². The molecule has 3 aromatic carbocycles. The number of ether oxygens (including phenoxy) is 3. The number of methoxy groups -OCH3 is 1. The van der Waals surface area contributed by atoms with Crippen LogP contribution in [0, 0.1) is 6.92 Å². The molecule has 0 saturated carbocycles. The van der Waals surface area contributed by atoms with Crippen LogP contribution in [0.3, 0.4) is 0 Å². The van der Waals surface area contributed by atoms with Crippen molar-refractivity contribution >= 4 is 29.2 Å². The van der Waals surface area contributed by atoms with Crippen molar-refractivity contribution in [2.75, 3.05) is 19.0 Å². The minimum absolute atomic E-state index is 0.249. The van der Waals surface area contributed by atoms with E-state index >= 15 is 0 Å². The number of hydrogen-bond donors (Lipinski definition) is 1. The fraction of sp³-hybridized carbons (Fsp3) is 0.130. The second-order valence-corrected chi connectivity index (χ2v) is 6.79. The van der Waals surface area contributed by atoms with Crippen molar-refractivity contribution in [1.29, 1.82) is 0 Å². The molecule has 3 rings (SSSR count). The number of benzene rings is 3. The summed E-state index contributed by atoms with van der Waals surface area (Å²) in [5.74, 6) is 0.711. The standard InChI is InChI=1S/C23H20ClNO5/c1-15-13-20(11-12-21(15)24)29-14-22(26)30-19-7-3-16(4-8-19)23(27)25-17-5-9-18(28-2)10-6-17/h3-13H,14H2,1-2H3,(H,25,27). The number of esters is 1. The summed E-state index contributed by atoms with van der Waals surface area (Å²) >= 11 is 5.96. The minimum atomic E-state index is -0.557. The third kappa shape index (κ3) is 5.75. The lowest BCUT2D eigenvalue weighted by atomic mass is 10.2. The molecule has 0 aliphatic carbocycles. The van der Waals surface area contributed by atoms with Gasteiger partial charge in [0.25, 0.3) is 5.91 Å². The Bertz CT molecular complexity index is 1030. The van der Waals surface area contributed by atoms with Crippen molar-refractivity contribution in [3.05, 3.63) is 82.9 Å². The Morgan fingerprint density at radius 1 is 0.900 bits per heavy atom. The number of anilines is 1. The van der Waals surface area contributed by atoms with Gasteiger partial charge in [-0.3, -0.25) is 4.79 Å². The fourth-order valence-electron chi connectivity index (χ4n) is 2.56. The highest BCUT2D eigenvalue weighted by molar-refractivity contribution is 6.31. The molecular formula is C23H20ClNO5. The second kappa shape index (κ2) is 9.80. The predicted octanol–water partition coefficient (Wildman–Crippen LogP) is 4.89. The summed E-state index contributed by atoms with van der Waals surface area (Å²) in [6.07, 6.45) is 0. The van der Waals surface area contributed by atoms with Crippen molar-refractivity contribution in [2.45, 2.75) is 6.92 Å². The van der Waals surface area contributed by atoms with E-state index in [-0.39, 0.29) is 12.5 Å². The van der Waals surface area contributed by atoms with E-state index in [1.165, 1.54) is 0 Å². The number of hydrogen-bond acceptors (Lipinski definition) is 5. The Morgan fingerprint density at radius 3 is 2.17 bits per heavy atom. The summed E-state index contributed by atoms with van der Waals surface area (Å²) in [5.41, 5.74) is 1.93. The van der Waals surface area contributed by atoms with E-state index in [9.17, 15) is 9.59 Å². The van der Waals surface area contributed by atoms with Crippen LogP contribution in [0.2, 0.25) is 5.02 Å². The van der Waals surface area contributed by atoms with Crippen molar-refractivity contribution in [1.82, 2.24) is 0 Å².